The van der Waals surface area contributed by atoms with Gasteiger partial charge in [-0.15, -0.1) is 11.3 Å². The molecule has 0 fully saturated rings. The number of nitrogens with one attached hydrogen (secondary N) is 1. The molecule has 0 spiro atoms. The summed E-state index contributed by atoms with van der Waals surface area (Å²) in [4.78, 5) is 11.1. The monoisotopic (exact) mass is 169 g/mol. The van der Waals surface area contributed by atoms with Gasteiger partial charge in [0.2, 0.25) is 0 Å². The van der Waals surface area contributed by atoms with Crippen LogP contribution in [0.1, 0.15) is 15.2 Å². The Balaban J connectivity index is 2.50. The molecule has 2 N–H and O–H groups in total. The third kappa shape index (κ3) is 0.903. The minimum Gasteiger partial charge on any atom is -0.477 e. The zero-order valence-corrected chi connectivity index (χ0v) is 6.57. The fraction of sp³-hybridized carbons (Fsp3) is 0.286. The normalized spacial score (nSPS) is 14.2. The van der Waals surface area contributed by atoms with E-state index in [0.29, 0.717) is 4.88 Å². The average Bonchev–Trinajstić information content (AvgIpc) is 2.41. The Labute approximate surface area is 67.7 Å². The number of rotatable bonds is 1. The van der Waals surface area contributed by atoms with Crippen LogP contribution in [0.15, 0.2) is 5.38 Å². The Bertz CT molecular complexity index is 305. The van der Waals surface area contributed by atoms with Gasteiger partial charge in [0.05, 0.1) is 0 Å². The van der Waals surface area contributed by atoms with Gasteiger partial charge in [-0.05, 0) is 6.42 Å². The van der Waals surface area contributed by atoms with Crippen molar-refractivity contribution in [3.63, 3.8) is 0 Å². The summed E-state index contributed by atoms with van der Waals surface area (Å²) in [5.74, 6) is -0.806. The van der Waals surface area contributed by atoms with Crippen LogP contribution in [-0.4, -0.2) is 17.6 Å². The molecule has 1 aliphatic rings. The summed E-state index contributed by atoms with van der Waals surface area (Å²) in [6.45, 7) is 0.874. The molecule has 0 bridgehead atoms. The van der Waals surface area contributed by atoms with Crippen LogP contribution in [0.2, 0.25) is 0 Å². The van der Waals surface area contributed by atoms with E-state index in [0.717, 1.165) is 24.2 Å². The summed E-state index contributed by atoms with van der Waals surface area (Å²) in [7, 11) is 0. The molecule has 0 saturated heterocycles. The van der Waals surface area contributed by atoms with Crippen LogP contribution in [0.4, 0.5) is 5.69 Å². The van der Waals surface area contributed by atoms with Crippen molar-refractivity contribution >= 4 is 23.0 Å². The van der Waals surface area contributed by atoms with Crippen molar-refractivity contribution in [3.05, 3.63) is 15.8 Å². The van der Waals surface area contributed by atoms with Gasteiger partial charge in [0, 0.05) is 23.2 Å². The summed E-state index contributed by atoms with van der Waals surface area (Å²) in [5.41, 5.74) is 1.98. The molecule has 0 amide bonds. The average molecular weight is 169 g/mol. The van der Waals surface area contributed by atoms with Gasteiger partial charge in [-0.25, -0.2) is 4.79 Å². The molecule has 0 unspecified atom stereocenters. The molecule has 1 aliphatic heterocycles. The Morgan fingerprint density at radius 1 is 1.73 bits per heavy atom. The molecule has 2 heterocycles. The smallest absolute Gasteiger partial charge is 0.346 e. The second-order valence-electron chi connectivity index (χ2n) is 2.44. The number of hydrogen-bond acceptors (Lipinski definition) is 3. The Hall–Kier alpha value is -1.03. The van der Waals surface area contributed by atoms with E-state index in [1.807, 2.05) is 5.38 Å². The SMILES string of the molecule is O=C(O)c1scc2c1CCN2. The van der Waals surface area contributed by atoms with Crippen molar-refractivity contribution in [2.24, 2.45) is 0 Å². The summed E-state index contributed by atoms with van der Waals surface area (Å²) in [6.07, 6.45) is 0.848. The van der Waals surface area contributed by atoms with Crippen molar-refractivity contribution in [2.45, 2.75) is 6.42 Å². The van der Waals surface area contributed by atoms with Gasteiger partial charge in [0.15, 0.2) is 0 Å². The van der Waals surface area contributed by atoms with Crippen molar-refractivity contribution in [1.82, 2.24) is 0 Å². The van der Waals surface area contributed by atoms with Gasteiger partial charge in [0.25, 0.3) is 0 Å². The summed E-state index contributed by atoms with van der Waals surface area (Å²) in [5, 5.41) is 13.7. The number of carboxylic acid groups (broad SMARTS) is 1. The van der Waals surface area contributed by atoms with Crippen molar-refractivity contribution < 1.29 is 9.90 Å². The molecule has 4 heteroatoms. The number of carbonyl (C=O) groups is 1. The van der Waals surface area contributed by atoms with Crippen LogP contribution in [-0.2, 0) is 6.42 Å². The molecule has 0 atom stereocenters. The van der Waals surface area contributed by atoms with Crippen LogP contribution in [0.5, 0.6) is 0 Å². The first kappa shape index (κ1) is 6.67. The number of anilines is 1. The van der Waals surface area contributed by atoms with Gasteiger partial charge in [0.1, 0.15) is 4.88 Å². The lowest BCUT2D eigenvalue weighted by molar-refractivity contribution is 0.0701. The van der Waals surface area contributed by atoms with E-state index in [1.54, 1.807) is 0 Å². The van der Waals surface area contributed by atoms with Crippen LogP contribution >= 0.6 is 11.3 Å². The van der Waals surface area contributed by atoms with Crippen molar-refractivity contribution in [2.75, 3.05) is 11.9 Å². The molecule has 0 aromatic carbocycles. The highest BCUT2D eigenvalue weighted by Crippen LogP contribution is 2.31. The van der Waals surface area contributed by atoms with E-state index in [9.17, 15) is 4.79 Å². The standard InChI is InChI=1S/C7H7NO2S/c9-7(10)6-4-1-2-8-5(4)3-11-6/h3,8H,1-2H2,(H,9,10). The zero-order valence-electron chi connectivity index (χ0n) is 5.76. The van der Waals surface area contributed by atoms with Crippen LogP contribution in [0.3, 0.4) is 0 Å². The zero-order chi connectivity index (χ0) is 7.84. The number of thiophene rings is 1. The maximum Gasteiger partial charge on any atom is 0.346 e. The highest BCUT2D eigenvalue weighted by molar-refractivity contribution is 7.12. The first-order valence-electron chi connectivity index (χ1n) is 3.36. The lowest BCUT2D eigenvalue weighted by atomic mass is 10.2. The number of carboxylic acids is 1. The number of fused-ring (bicyclic) bond motifs is 1. The lowest BCUT2D eigenvalue weighted by Crippen LogP contribution is -1.96. The second kappa shape index (κ2) is 2.23. The molecule has 11 heavy (non-hydrogen) atoms. The molecule has 0 radical (unpaired) electrons. The van der Waals surface area contributed by atoms with Crippen LogP contribution in [0, 0.1) is 0 Å². The maximum atomic E-state index is 10.6. The topological polar surface area (TPSA) is 49.3 Å². The molecule has 1 aromatic heterocycles. The van der Waals surface area contributed by atoms with Crippen LogP contribution in [0.25, 0.3) is 0 Å². The van der Waals surface area contributed by atoms with Crippen molar-refractivity contribution in [3.8, 4) is 0 Å². The largest absolute Gasteiger partial charge is 0.477 e. The van der Waals surface area contributed by atoms with Crippen molar-refractivity contribution in [1.29, 1.82) is 0 Å². The van der Waals surface area contributed by atoms with Gasteiger partial charge < -0.3 is 10.4 Å². The van der Waals surface area contributed by atoms with Gasteiger partial charge >= 0.3 is 5.97 Å². The minimum absolute atomic E-state index is 0.491. The quantitative estimate of drug-likeness (QED) is 0.668. The van der Waals surface area contributed by atoms with E-state index in [-0.39, 0.29) is 0 Å². The molecule has 58 valence electrons. The van der Waals surface area contributed by atoms with E-state index < -0.39 is 5.97 Å². The second-order valence-corrected chi connectivity index (χ2v) is 3.32. The third-order valence-corrected chi connectivity index (χ3v) is 2.79. The first-order valence-corrected chi connectivity index (χ1v) is 4.24. The number of aromatic carboxylic acids is 1. The highest BCUT2D eigenvalue weighted by atomic mass is 32.1. The van der Waals surface area contributed by atoms with Gasteiger partial charge in [-0.2, -0.15) is 0 Å². The molecule has 0 aliphatic carbocycles. The van der Waals surface area contributed by atoms with Crippen LogP contribution < -0.4 is 5.32 Å². The Morgan fingerprint density at radius 2 is 2.55 bits per heavy atom. The first-order chi connectivity index (χ1) is 5.29. The summed E-state index contributed by atoms with van der Waals surface area (Å²) >= 11 is 1.30. The summed E-state index contributed by atoms with van der Waals surface area (Å²) < 4.78 is 0. The predicted octanol–water partition coefficient (Wildman–Crippen LogP) is 1.41. The fourth-order valence-corrected chi connectivity index (χ4v) is 2.20. The third-order valence-electron chi connectivity index (χ3n) is 1.78. The minimum atomic E-state index is -0.806. The maximum absolute atomic E-state index is 10.6. The van der Waals surface area contributed by atoms with E-state index >= 15 is 0 Å². The highest BCUT2D eigenvalue weighted by Gasteiger charge is 2.20. The van der Waals surface area contributed by atoms with E-state index in [1.165, 1.54) is 11.3 Å². The Morgan fingerprint density at radius 3 is 3.27 bits per heavy atom. The molecule has 0 saturated carbocycles. The van der Waals surface area contributed by atoms with E-state index in [4.69, 9.17) is 5.11 Å². The van der Waals surface area contributed by atoms with Gasteiger partial charge in [-0.3, -0.25) is 0 Å². The molecule has 1 aromatic rings. The fourth-order valence-electron chi connectivity index (χ4n) is 1.28. The molecule has 2 rings (SSSR count). The molecule has 3 nitrogen and oxygen atoms in total. The van der Waals surface area contributed by atoms with E-state index in [2.05, 4.69) is 5.32 Å². The molecular weight excluding hydrogens is 162 g/mol. The Kier molecular flexibility index (Phi) is 1.35. The molecular formula is C7H7NO2S. The predicted molar refractivity (Wildman–Crippen MR) is 43.5 cm³/mol. The lowest BCUT2D eigenvalue weighted by Gasteiger charge is -1.89. The number of hydrogen-bond donors (Lipinski definition) is 2. The summed E-state index contributed by atoms with van der Waals surface area (Å²) in [6, 6.07) is 0. The van der Waals surface area contributed by atoms with Gasteiger partial charge in [-0.1, -0.05) is 0 Å².